The van der Waals surface area contributed by atoms with Gasteiger partial charge in [-0.25, -0.2) is 0 Å². The number of nitrogens with one attached hydrogen (secondary N) is 1. The van der Waals surface area contributed by atoms with Gasteiger partial charge in [-0.05, 0) is 50.3 Å². The van der Waals surface area contributed by atoms with Gasteiger partial charge in [-0.15, -0.1) is 0 Å². The summed E-state index contributed by atoms with van der Waals surface area (Å²) >= 11 is 6.01. The molecule has 1 amide bonds. The highest BCUT2D eigenvalue weighted by atomic mass is 35.5. The number of rotatable bonds is 5. The molecule has 1 N–H and O–H groups in total. The lowest BCUT2D eigenvalue weighted by molar-refractivity contribution is -0.134. The maximum absolute atomic E-state index is 12.4. The molecular weight excluding hydrogens is 284 g/mol. The quantitative estimate of drug-likeness (QED) is 0.897. The normalized spacial score (nSPS) is 20.3. The van der Waals surface area contributed by atoms with Crippen LogP contribution in [0.1, 0.15) is 51.1 Å². The number of piperidine rings is 1. The van der Waals surface area contributed by atoms with E-state index in [0.717, 1.165) is 36.4 Å². The molecule has 3 nitrogen and oxygen atoms in total. The molecule has 0 radical (unpaired) electrons. The maximum atomic E-state index is 12.4. The molecule has 0 aromatic heterocycles. The van der Waals surface area contributed by atoms with Gasteiger partial charge in [0.25, 0.3) is 0 Å². The van der Waals surface area contributed by atoms with Crippen molar-refractivity contribution in [3.8, 4) is 0 Å². The molecule has 1 fully saturated rings. The Labute approximate surface area is 132 Å². The van der Waals surface area contributed by atoms with E-state index in [1.807, 2.05) is 24.3 Å². The van der Waals surface area contributed by atoms with Crippen LogP contribution < -0.4 is 5.32 Å². The summed E-state index contributed by atoms with van der Waals surface area (Å²) in [7, 11) is 0. The Morgan fingerprint density at radius 2 is 2.29 bits per heavy atom. The fourth-order valence-corrected chi connectivity index (χ4v) is 3.19. The summed E-state index contributed by atoms with van der Waals surface area (Å²) in [5, 5.41) is 4.05. The molecule has 4 heteroatoms. The first-order valence-corrected chi connectivity index (χ1v) is 8.28. The van der Waals surface area contributed by atoms with Gasteiger partial charge >= 0.3 is 0 Å². The number of carbonyl (C=O) groups excluding carboxylic acids is 1. The first kappa shape index (κ1) is 16.3. The predicted octanol–water partition coefficient (Wildman–Crippen LogP) is 3.78. The molecule has 0 aliphatic carbocycles. The SMILES string of the molecule is CCC1CCCCN1C(=O)CNC(C)c1cccc(Cl)c1. The number of hydrogen-bond acceptors (Lipinski definition) is 2. The lowest BCUT2D eigenvalue weighted by atomic mass is 10.00. The van der Waals surface area contributed by atoms with E-state index in [0.29, 0.717) is 12.6 Å². The van der Waals surface area contributed by atoms with Crippen molar-refractivity contribution in [1.29, 1.82) is 0 Å². The number of halogens is 1. The van der Waals surface area contributed by atoms with E-state index in [1.54, 1.807) is 0 Å². The highest BCUT2D eigenvalue weighted by molar-refractivity contribution is 6.30. The standard InChI is InChI=1S/C17H25ClN2O/c1-3-16-9-4-5-10-20(16)17(21)12-19-13(2)14-7-6-8-15(18)11-14/h6-8,11,13,16,19H,3-5,9-10,12H2,1-2H3. The summed E-state index contributed by atoms with van der Waals surface area (Å²) in [5.74, 6) is 0.218. The number of benzene rings is 1. The molecule has 1 heterocycles. The van der Waals surface area contributed by atoms with E-state index in [4.69, 9.17) is 11.6 Å². The van der Waals surface area contributed by atoms with Crippen LogP contribution >= 0.6 is 11.6 Å². The molecule has 1 aliphatic rings. The molecule has 1 aromatic rings. The molecule has 21 heavy (non-hydrogen) atoms. The Morgan fingerprint density at radius 1 is 1.48 bits per heavy atom. The predicted molar refractivity (Wildman–Crippen MR) is 87.5 cm³/mol. The fourth-order valence-electron chi connectivity index (χ4n) is 2.99. The number of hydrogen-bond donors (Lipinski definition) is 1. The van der Waals surface area contributed by atoms with Crippen molar-refractivity contribution in [3.63, 3.8) is 0 Å². The zero-order valence-corrected chi connectivity index (χ0v) is 13.7. The first-order valence-electron chi connectivity index (χ1n) is 7.90. The molecule has 2 rings (SSSR count). The van der Waals surface area contributed by atoms with Crippen LogP contribution in [0.15, 0.2) is 24.3 Å². The van der Waals surface area contributed by atoms with E-state index in [9.17, 15) is 4.79 Å². The van der Waals surface area contributed by atoms with Gasteiger partial charge in [-0.2, -0.15) is 0 Å². The molecule has 0 spiro atoms. The highest BCUT2D eigenvalue weighted by Gasteiger charge is 2.25. The molecular formula is C17H25ClN2O. The summed E-state index contributed by atoms with van der Waals surface area (Å²) in [5.41, 5.74) is 1.11. The van der Waals surface area contributed by atoms with Crippen LogP contribution in [0.4, 0.5) is 0 Å². The highest BCUT2D eigenvalue weighted by Crippen LogP contribution is 2.20. The molecule has 1 aliphatic heterocycles. The van der Waals surface area contributed by atoms with E-state index in [1.165, 1.54) is 6.42 Å². The van der Waals surface area contributed by atoms with Crippen LogP contribution in [-0.2, 0) is 4.79 Å². The van der Waals surface area contributed by atoms with Crippen molar-refractivity contribution in [2.45, 2.75) is 51.6 Å². The Morgan fingerprint density at radius 3 is 3.00 bits per heavy atom. The van der Waals surface area contributed by atoms with Gasteiger partial charge in [0.1, 0.15) is 0 Å². The second-order valence-corrected chi connectivity index (χ2v) is 6.24. The van der Waals surface area contributed by atoms with Gasteiger partial charge in [0.15, 0.2) is 0 Å². The molecule has 1 saturated heterocycles. The molecule has 0 bridgehead atoms. The van der Waals surface area contributed by atoms with Gasteiger partial charge in [0, 0.05) is 23.7 Å². The van der Waals surface area contributed by atoms with Crippen LogP contribution in [0.2, 0.25) is 5.02 Å². The minimum Gasteiger partial charge on any atom is -0.339 e. The van der Waals surface area contributed by atoms with Crippen LogP contribution in [0, 0.1) is 0 Å². The van der Waals surface area contributed by atoms with Crippen molar-refractivity contribution < 1.29 is 4.79 Å². The van der Waals surface area contributed by atoms with Gasteiger partial charge in [-0.1, -0.05) is 30.7 Å². The van der Waals surface area contributed by atoms with E-state index in [2.05, 4.69) is 24.1 Å². The zero-order chi connectivity index (χ0) is 15.2. The lowest BCUT2D eigenvalue weighted by Gasteiger charge is -2.35. The maximum Gasteiger partial charge on any atom is 0.236 e. The van der Waals surface area contributed by atoms with E-state index in [-0.39, 0.29) is 11.9 Å². The minimum absolute atomic E-state index is 0.123. The van der Waals surface area contributed by atoms with Crippen molar-refractivity contribution in [2.75, 3.05) is 13.1 Å². The molecule has 2 unspecified atom stereocenters. The third-order valence-corrected chi connectivity index (χ3v) is 4.56. The van der Waals surface area contributed by atoms with E-state index >= 15 is 0 Å². The molecule has 0 saturated carbocycles. The van der Waals surface area contributed by atoms with Crippen LogP contribution in [0.3, 0.4) is 0 Å². The zero-order valence-electron chi connectivity index (χ0n) is 12.9. The van der Waals surface area contributed by atoms with Crippen molar-refractivity contribution in [1.82, 2.24) is 10.2 Å². The van der Waals surface area contributed by atoms with Crippen LogP contribution in [0.5, 0.6) is 0 Å². The van der Waals surface area contributed by atoms with Crippen LogP contribution in [0.25, 0.3) is 0 Å². The first-order chi connectivity index (χ1) is 10.1. The third-order valence-electron chi connectivity index (χ3n) is 4.33. The Balaban J connectivity index is 1.88. The topological polar surface area (TPSA) is 32.3 Å². The Kier molecular flexibility index (Phi) is 6.07. The lowest BCUT2D eigenvalue weighted by Crippen LogP contribution is -2.47. The minimum atomic E-state index is 0.123. The summed E-state index contributed by atoms with van der Waals surface area (Å²) < 4.78 is 0. The van der Waals surface area contributed by atoms with Gasteiger partial charge in [-0.3, -0.25) is 4.79 Å². The van der Waals surface area contributed by atoms with Gasteiger partial charge in [0.05, 0.1) is 6.54 Å². The Hall–Kier alpha value is -1.06. The van der Waals surface area contributed by atoms with Crippen molar-refractivity contribution in [2.24, 2.45) is 0 Å². The molecule has 116 valence electrons. The van der Waals surface area contributed by atoms with Crippen molar-refractivity contribution in [3.05, 3.63) is 34.9 Å². The Bertz CT molecular complexity index is 478. The number of nitrogens with zero attached hydrogens (tertiary/aromatic N) is 1. The fraction of sp³-hybridized carbons (Fsp3) is 0.588. The molecule has 2 atom stereocenters. The monoisotopic (exact) mass is 308 g/mol. The smallest absolute Gasteiger partial charge is 0.236 e. The largest absolute Gasteiger partial charge is 0.339 e. The van der Waals surface area contributed by atoms with Crippen molar-refractivity contribution >= 4 is 17.5 Å². The summed E-state index contributed by atoms with van der Waals surface area (Å²) in [6.45, 7) is 5.53. The van der Waals surface area contributed by atoms with E-state index < -0.39 is 0 Å². The summed E-state index contributed by atoms with van der Waals surface area (Å²) in [6, 6.07) is 8.33. The molecule has 1 aromatic carbocycles. The number of likely N-dealkylation sites (tertiary alicyclic amines) is 1. The summed E-state index contributed by atoms with van der Waals surface area (Å²) in [4.78, 5) is 14.5. The number of carbonyl (C=O) groups is 1. The third kappa shape index (κ3) is 4.45. The summed E-state index contributed by atoms with van der Waals surface area (Å²) in [6.07, 6.45) is 4.57. The second kappa shape index (κ2) is 7.81. The number of amides is 1. The van der Waals surface area contributed by atoms with Gasteiger partial charge in [0.2, 0.25) is 5.91 Å². The average Bonchev–Trinajstić information content (AvgIpc) is 2.52. The average molecular weight is 309 g/mol. The van der Waals surface area contributed by atoms with Gasteiger partial charge < -0.3 is 10.2 Å². The second-order valence-electron chi connectivity index (χ2n) is 5.80. The van der Waals surface area contributed by atoms with Crippen LogP contribution in [-0.4, -0.2) is 29.9 Å².